The number of amides is 3. The van der Waals surface area contributed by atoms with Crippen molar-refractivity contribution in [2.45, 2.75) is 13.3 Å². The molecule has 6 heteroatoms. The van der Waals surface area contributed by atoms with Crippen molar-refractivity contribution in [2.75, 3.05) is 18.5 Å². The number of imide groups is 1. The fraction of sp³-hybridized carbons (Fsp3) is 0.476. The summed E-state index contributed by atoms with van der Waals surface area (Å²) < 4.78 is 5.38. The van der Waals surface area contributed by atoms with Crippen molar-refractivity contribution < 1.29 is 19.1 Å². The maximum Gasteiger partial charge on any atom is 0.244 e. The van der Waals surface area contributed by atoms with Crippen LogP contribution in [0.5, 0.6) is 5.75 Å². The van der Waals surface area contributed by atoms with Gasteiger partial charge in [0.2, 0.25) is 17.7 Å². The van der Waals surface area contributed by atoms with E-state index in [1.165, 1.54) is 4.90 Å². The van der Waals surface area contributed by atoms with Crippen LogP contribution in [0.2, 0.25) is 0 Å². The third kappa shape index (κ3) is 2.50. The van der Waals surface area contributed by atoms with Gasteiger partial charge in [0, 0.05) is 5.69 Å². The molecule has 3 amide bonds. The fourth-order valence-corrected chi connectivity index (χ4v) is 5.32. The Labute approximate surface area is 157 Å². The quantitative estimate of drug-likeness (QED) is 0.639. The second-order valence-corrected chi connectivity index (χ2v) is 7.92. The van der Waals surface area contributed by atoms with Gasteiger partial charge >= 0.3 is 0 Å². The molecule has 2 saturated carbocycles. The summed E-state index contributed by atoms with van der Waals surface area (Å²) in [7, 11) is 0. The van der Waals surface area contributed by atoms with Gasteiger partial charge in [-0.15, -0.1) is 0 Å². The molecule has 5 aliphatic rings. The normalized spacial score (nSPS) is 35.1. The first-order chi connectivity index (χ1) is 13.1. The van der Waals surface area contributed by atoms with Crippen molar-refractivity contribution in [1.29, 1.82) is 0 Å². The molecule has 4 aliphatic carbocycles. The first-order valence-corrected chi connectivity index (χ1v) is 9.64. The summed E-state index contributed by atoms with van der Waals surface area (Å²) in [5.41, 5.74) is 0.614. The molecule has 1 aliphatic heterocycles. The minimum Gasteiger partial charge on any atom is -0.494 e. The highest BCUT2D eigenvalue weighted by Crippen LogP contribution is 2.65. The lowest BCUT2D eigenvalue weighted by Gasteiger charge is -2.37. The van der Waals surface area contributed by atoms with E-state index >= 15 is 0 Å². The van der Waals surface area contributed by atoms with E-state index in [0.717, 1.165) is 12.2 Å². The van der Waals surface area contributed by atoms with Crippen LogP contribution in [0.25, 0.3) is 0 Å². The van der Waals surface area contributed by atoms with Crippen molar-refractivity contribution in [2.24, 2.45) is 35.5 Å². The number of nitrogens with zero attached hydrogens (tertiary/aromatic N) is 1. The largest absolute Gasteiger partial charge is 0.494 e. The Morgan fingerprint density at radius 1 is 1.07 bits per heavy atom. The summed E-state index contributed by atoms with van der Waals surface area (Å²) in [5.74, 6) is 1.01. The van der Waals surface area contributed by atoms with Crippen LogP contribution in [-0.4, -0.2) is 35.8 Å². The molecule has 27 heavy (non-hydrogen) atoms. The number of carbonyl (C=O) groups is 3. The Morgan fingerprint density at radius 2 is 1.67 bits per heavy atom. The SMILES string of the molecule is CCOc1ccc(NC(=O)CN2C(=O)[C@@H]3[C@@H]4C=C[C@H]([C@@H]5C[C@H]45)[C@H]3C2=O)cc1. The van der Waals surface area contributed by atoms with Crippen molar-refractivity contribution >= 4 is 23.4 Å². The molecule has 1 aromatic carbocycles. The summed E-state index contributed by atoms with van der Waals surface area (Å²) in [6, 6.07) is 7.03. The summed E-state index contributed by atoms with van der Waals surface area (Å²) >= 11 is 0. The van der Waals surface area contributed by atoms with E-state index in [1.807, 2.05) is 6.92 Å². The van der Waals surface area contributed by atoms with Gasteiger partial charge in [0.25, 0.3) is 0 Å². The first kappa shape index (κ1) is 16.5. The Kier molecular flexibility index (Phi) is 3.64. The van der Waals surface area contributed by atoms with E-state index in [-0.39, 0.29) is 47.9 Å². The molecule has 2 bridgehead atoms. The number of benzene rings is 1. The van der Waals surface area contributed by atoms with Gasteiger partial charge in [-0.05, 0) is 61.3 Å². The molecule has 3 fully saturated rings. The number of nitrogens with one attached hydrogen (secondary N) is 1. The molecule has 1 heterocycles. The van der Waals surface area contributed by atoms with Gasteiger partial charge in [0.05, 0.1) is 18.4 Å². The van der Waals surface area contributed by atoms with Crippen molar-refractivity contribution in [3.63, 3.8) is 0 Å². The minimum atomic E-state index is -0.357. The molecule has 140 valence electrons. The van der Waals surface area contributed by atoms with Gasteiger partial charge in [-0.1, -0.05) is 12.2 Å². The lowest BCUT2D eigenvalue weighted by atomic mass is 9.63. The Bertz CT molecular complexity index is 810. The van der Waals surface area contributed by atoms with Crippen molar-refractivity contribution in [1.82, 2.24) is 4.90 Å². The number of hydrogen-bond acceptors (Lipinski definition) is 4. The molecule has 1 N–H and O–H groups in total. The molecular formula is C21H22N2O4. The van der Waals surface area contributed by atoms with Crippen LogP contribution >= 0.6 is 0 Å². The van der Waals surface area contributed by atoms with E-state index in [0.29, 0.717) is 24.1 Å². The molecule has 1 aromatic rings. The van der Waals surface area contributed by atoms with Gasteiger partial charge in [-0.2, -0.15) is 0 Å². The van der Waals surface area contributed by atoms with Gasteiger partial charge in [0.1, 0.15) is 12.3 Å². The maximum atomic E-state index is 12.9. The van der Waals surface area contributed by atoms with Crippen LogP contribution in [0.15, 0.2) is 36.4 Å². The summed E-state index contributed by atoms with van der Waals surface area (Å²) in [6.07, 6.45) is 5.40. The number of rotatable bonds is 5. The molecular weight excluding hydrogens is 344 g/mol. The van der Waals surface area contributed by atoms with E-state index < -0.39 is 0 Å². The van der Waals surface area contributed by atoms with Gasteiger partial charge < -0.3 is 10.1 Å². The maximum absolute atomic E-state index is 12.9. The van der Waals surface area contributed by atoms with Gasteiger partial charge in [-0.3, -0.25) is 19.3 Å². The van der Waals surface area contributed by atoms with E-state index in [1.54, 1.807) is 24.3 Å². The van der Waals surface area contributed by atoms with Crippen LogP contribution in [0, 0.1) is 35.5 Å². The molecule has 0 aromatic heterocycles. The minimum absolute atomic E-state index is 0.170. The van der Waals surface area contributed by atoms with Crippen molar-refractivity contribution in [3.8, 4) is 5.75 Å². The lowest BCUT2D eigenvalue weighted by molar-refractivity contribution is -0.142. The zero-order valence-electron chi connectivity index (χ0n) is 15.1. The second-order valence-electron chi connectivity index (χ2n) is 7.92. The molecule has 6 nitrogen and oxygen atoms in total. The topological polar surface area (TPSA) is 75.7 Å². The summed E-state index contributed by atoms with van der Waals surface area (Å²) in [5, 5.41) is 2.76. The van der Waals surface area contributed by atoms with E-state index in [4.69, 9.17) is 4.74 Å². The Morgan fingerprint density at radius 3 is 2.22 bits per heavy atom. The third-order valence-corrected chi connectivity index (χ3v) is 6.50. The molecule has 0 radical (unpaired) electrons. The third-order valence-electron chi connectivity index (χ3n) is 6.50. The molecule has 1 saturated heterocycles. The standard InChI is InChI=1S/C21H22N2O4/c1-2-27-12-5-3-11(4-6-12)22-17(24)10-23-20(25)18-13-7-8-14(16-9-15(13)16)19(18)21(23)26/h3-8,13-16,18-19H,2,9-10H2,1H3,(H,22,24)/t13-,14-,15-,16+,18-,19-/m1/s1. The number of ether oxygens (including phenoxy) is 1. The van der Waals surface area contributed by atoms with Crippen LogP contribution in [0.4, 0.5) is 5.69 Å². The lowest BCUT2D eigenvalue weighted by Crippen LogP contribution is -2.40. The number of allylic oxidation sites excluding steroid dienone is 2. The molecule has 6 atom stereocenters. The zero-order chi connectivity index (χ0) is 18.7. The zero-order valence-corrected chi connectivity index (χ0v) is 15.1. The van der Waals surface area contributed by atoms with Crippen LogP contribution < -0.4 is 10.1 Å². The predicted octanol–water partition coefficient (Wildman–Crippen LogP) is 2.08. The highest BCUT2D eigenvalue weighted by molar-refractivity contribution is 6.09. The number of likely N-dealkylation sites (tertiary alicyclic amines) is 1. The number of carbonyl (C=O) groups excluding carboxylic acids is 3. The molecule has 0 unspecified atom stereocenters. The monoisotopic (exact) mass is 366 g/mol. The number of hydrogen-bond donors (Lipinski definition) is 1. The number of anilines is 1. The highest BCUT2D eigenvalue weighted by Gasteiger charge is 2.67. The van der Waals surface area contributed by atoms with E-state index in [2.05, 4.69) is 17.5 Å². The van der Waals surface area contributed by atoms with Crippen LogP contribution in [-0.2, 0) is 14.4 Å². The van der Waals surface area contributed by atoms with E-state index in [9.17, 15) is 14.4 Å². The van der Waals surface area contributed by atoms with Crippen molar-refractivity contribution in [3.05, 3.63) is 36.4 Å². The van der Waals surface area contributed by atoms with Crippen LogP contribution in [0.3, 0.4) is 0 Å². The average molecular weight is 366 g/mol. The smallest absolute Gasteiger partial charge is 0.244 e. The first-order valence-electron chi connectivity index (χ1n) is 9.64. The fourth-order valence-electron chi connectivity index (χ4n) is 5.32. The molecule has 6 rings (SSSR count). The Hall–Kier alpha value is -2.63. The Balaban J connectivity index is 1.27. The second kappa shape index (κ2) is 5.94. The highest BCUT2D eigenvalue weighted by atomic mass is 16.5. The van der Waals surface area contributed by atoms with Crippen LogP contribution in [0.1, 0.15) is 13.3 Å². The molecule has 0 spiro atoms. The summed E-state index contributed by atoms with van der Waals surface area (Å²) in [4.78, 5) is 39.4. The predicted molar refractivity (Wildman–Crippen MR) is 97.7 cm³/mol. The summed E-state index contributed by atoms with van der Waals surface area (Å²) in [6.45, 7) is 2.26. The van der Waals surface area contributed by atoms with Gasteiger partial charge in [-0.25, -0.2) is 0 Å². The average Bonchev–Trinajstić information content (AvgIpc) is 3.45. The van der Waals surface area contributed by atoms with Gasteiger partial charge in [0.15, 0.2) is 0 Å².